The Hall–Kier alpha value is -1.23. The quantitative estimate of drug-likeness (QED) is 0.821. The van der Waals surface area contributed by atoms with Gasteiger partial charge >= 0.3 is 0 Å². The van der Waals surface area contributed by atoms with Gasteiger partial charge in [0, 0.05) is 26.3 Å². The minimum atomic E-state index is -0.463. The van der Waals surface area contributed by atoms with Crippen LogP contribution in [-0.2, 0) is 11.2 Å². The van der Waals surface area contributed by atoms with Crippen LogP contribution in [0.4, 0.5) is 4.39 Å². The molecule has 0 bridgehead atoms. The lowest BCUT2D eigenvalue weighted by Gasteiger charge is -2.26. The van der Waals surface area contributed by atoms with Gasteiger partial charge in [-0.3, -0.25) is 4.79 Å². The molecule has 120 valence electrons. The summed E-state index contributed by atoms with van der Waals surface area (Å²) in [7, 11) is 0. The van der Waals surface area contributed by atoms with Crippen molar-refractivity contribution in [2.75, 3.05) is 5.75 Å². The van der Waals surface area contributed by atoms with E-state index in [1.54, 1.807) is 17.8 Å². The van der Waals surface area contributed by atoms with Crippen LogP contribution in [0.25, 0.3) is 0 Å². The third-order valence-electron chi connectivity index (χ3n) is 3.75. The predicted molar refractivity (Wildman–Crippen MR) is 92.8 cm³/mol. The molecule has 0 radical (unpaired) electrons. The lowest BCUT2D eigenvalue weighted by molar-refractivity contribution is -0.121. The molecular weight excluding hydrogens is 356 g/mol. The Kier molecular flexibility index (Phi) is 5.14. The molecule has 0 saturated heterocycles. The molecule has 2 aromatic carbocycles. The van der Waals surface area contributed by atoms with Crippen molar-refractivity contribution >= 4 is 40.9 Å². The first-order valence-electron chi connectivity index (χ1n) is 7.19. The number of rotatable bonds is 3. The van der Waals surface area contributed by atoms with Crippen LogP contribution in [0.15, 0.2) is 41.3 Å². The molecule has 1 N–H and O–H groups in total. The van der Waals surface area contributed by atoms with Gasteiger partial charge in [-0.25, -0.2) is 4.39 Å². The molecule has 0 aliphatic carbocycles. The number of hydrogen-bond donors (Lipinski definition) is 1. The van der Waals surface area contributed by atoms with Crippen molar-refractivity contribution in [3.63, 3.8) is 0 Å². The zero-order chi connectivity index (χ0) is 16.4. The molecule has 23 heavy (non-hydrogen) atoms. The maximum absolute atomic E-state index is 13.8. The zero-order valence-electron chi connectivity index (χ0n) is 12.1. The summed E-state index contributed by atoms with van der Waals surface area (Å²) >= 11 is 13.8. The van der Waals surface area contributed by atoms with Crippen LogP contribution in [0.5, 0.6) is 0 Å². The molecular formula is C17H14Cl2FNOS. The van der Waals surface area contributed by atoms with Gasteiger partial charge in [0.15, 0.2) is 0 Å². The van der Waals surface area contributed by atoms with Crippen LogP contribution in [-0.4, -0.2) is 11.7 Å². The van der Waals surface area contributed by atoms with Crippen molar-refractivity contribution < 1.29 is 9.18 Å². The van der Waals surface area contributed by atoms with Crippen molar-refractivity contribution in [2.45, 2.75) is 23.8 Å². The molecule has 2 aromatic rings. The molecule has 1 amide bonds. The van der Waals surface area contributed by atoms with Crippen molar-refractivity contribution in [1.29, 1.82) is 0 Å². The Labute approximate surface area is 148 Å². The van der Waals surface area contributed by atoms with Crippen molar-refractivity contribution in [1.82, 2.24) is 5.32 Å². The van der Waals surface area contributed by atoms with E-state index >= 15 is 0 Å². The van der Waals surface area contributed by atoms with E-state index in [1.807, 2.05) is 18.2 Å². The predicted octanol–water partition coefficient (Wildman–Crippen LogP) is 5.03. The van der Waals surface area contributed by atoms with Crippen LogP contribution in [0.3, 0.4) is 0 Å². The van der Waals surface area contributed by atoms with Gasteiger partial charge in [-0.2, -0.15) is 0 Å². The van der Waals surface area contributed by atoms with Crippen LogP contribution in [0, 0.1) is 5.82 Å². The van der Waals surface area contributed by atoms with Gasteiger partial charge in [-0.05, 0) is 42.3 Å². The van der Waals surface area contributed by atoms with Gasteiger partial charge in [0.2, 0.25) is 5.91 Å². The largest absolute Gasteiger partial charge is 0.349 e. The molecule has 1 heterocycles. The minimum Gasteiger partial charge on any atom is -0.349 e. The lowest BCUT2D eigenvalue weighted by atomic mass is 10.0. The standard InChI is InChI=1S/C17H14Cl2FNOS/c18-10-4-5-16-12(8-10)15(6-7-23-16)21-17(22)9-11-13(19)2-1-3-14(11)20/h1-5,8,15H,6-7,9H2,(H,21,22). The van der Waals surface area contributed by atoms with E-state index in [4.69, 9.17) is 23.2 Å². The fraction of sp³-hybridized carbons (Fsp3) is 0.235. The van der Waals surface area contributed by atoms with Gasteiger partial charge < -0.3 is 5.32 Å². The second-order valence-electron chi connectivity index (χ2n) is 5.32. The summed E-state index contributed by atoms with van der Waals surface area (Å²) in [5.41, 5.74) is 1.24. The number of amides is 1. The maximum Gasteiger partial charge on any atom is 0.225 e. The highest BCUT2D eigenvalue weighted by atomic mass is 35.5. The Balaban J connectivity index is 1.76. The van der Waals surface area contributed by atoms with E-state index in [0.717, 1.165) is 22.6 Å². The molecule has 1 aliphatic rings. The van der Waals surface area contributed by atoms with E-state index in [9.17, 15) is 9.18 Å². The SMILES string of the molecule is O=C(Cc1c(F)cccc1Cl)NC1CCSc2ccc(Cl)cc21. The van der Waals surface area contributed by atoms with Crippen molar-refractivity contribution in [2.24, 2.45) is 0 Å². The van der Waals surface area contributed by atoms with Gasteiger partial charge in [-0.15, -0.1) is 11.8 Å². The number of carbonyl (C=O) groups excluding carboxylic acids is 1. The number of halogens is 3. The molecule has 2 nitrogen and oxygen atoms in total. The Bertz CT molecular complexity index is 733. The highest BCUT2D eigenvalue weighted by Crippen LogP contribution is 2.37. The number of hydrogen-bond acceptors (Lipinski definition) is 2. The first-order chi connectivity index (χ1) is 11.0. The fourth-order valence-corrected chi connectivity index (χ4v) is 4.14. The fourth-order valence-electron chi connectivity index (χ4n) is 2.62. The van der Waals surface area contributed by atoms with E-state index in [2.05, 4.69) is 5.32 Å². The van der Waals surface area contributed by atoms with Crippen LogP contribution in [0.2, 0.25) is 10.0 Å². The first-order valence-corrected chi connectivity index (χ1v) is 8.93. The number of nitrogens with one attached hydrogen (secondary N) is 1. The number of fused-ring (bicyclic) bond motifs is 1. The molecule has 0 aromatic heterocycles. The number of benzene rings is 2. The summed E-state index contributed by atoms with van der Waals surface area (Å²) in [4.78, 5) is 13.4. The van der Waals surface area contributed by atoms with Crippen molar-refractivity contribution in [3.05, 3.63) is 63.4 Å². The lowest BCUT2D eigenvalue weighted by Crippen LogP contribution is -2.32. The molecule has 3 rings (SSSR count). The van der Waals surface area contributed by atoms with E-state index in [-0.39, 0.29) is 29.0 Å². The summed E-state index contributed by atoms with van der Waals surface area (Å²) in [6.07, 6.45) is 0.736. The van der Waals surface area contributed by atoms with Crippen LogP contribution < -0.4 is 5.32 Å². The number of thioether (sulfide) groups is 1. The monoisotopic (exact) mass is 369 g/mol. The summed E-state index contributed by atoms with van der Waals surface area (Å²) in [5.74, 6) is 0.204. The molecule has 6 heteroatoms. The Morgan fingerprint density at radius 3 is 2.91 bits per heavy atom. The first kappa shape index (κ1) is 16.6. The van der Waals surface area contributed by atoms with Crippen molar-refractivity contribution in [3.8, 4) is 0 Å². The average Bonchev–Trinajstić information content (AvgIpc) is 2.52. The zero-order valence-corrected chi connectivity index (χ0v) is 14.4. The summed E-state index contributed by atoms with van der Waals surface area (Å²) in [5, 5.41) is 3.88. The molecule has 0 spiro atoms. The highest BCUT2D eigenvalue weighted by Gasteiger charge is 2.23. The van der Waals surface area contributed by atoms with E-state index in [1.165, 1.54) is 12.1 Å². The topological polar surface area (TPSA) is 29.1 Å². The van der Waals surface area contributed by atoms with E-state index in [0.29, 0.717) is 5.02 Å². The molecule has 1 unspecified atom stereocenters. The molecule has 0 saturated carbocycles. The van der Waals surface area contributed by atoms with Gasteiger partial charge in [0.1, 0.15) is 5.82 Å². The average molecular weight is 370 g/mol. The normalized spacial score (nSPS) is 16.7. The minimum absolute atomic E-state index is 0.0783. The van der Waals surface area contributed by atoms with Gasteiger partial charge in [0.05, 0.1) is 12.5 Å². The second kappa shape index (κ2) is 7.12. The Morgan fingerprint density at radius 2 is 2.13 bits per heavy atom. The highest BCUT2D eigenvalue weighted by molar-refractivity contribution is 7.99. The van der Waals surface area contributed by atoms with Gasteiger partial charge in [-0.1, -0.05) is 29.3 Å². The molecule has 0 fully saturated rings. The smallest absolute Gasteiger partial charge is 0.225 e. The molecule has 1 aliphatic heterocycles. The van der Waals surface area contributed by atoms with Crippen LogP contribution >= 0.6 is 35.0 Å². The van der Waals surface area contributed by atoms with E-state index < -0.39 is 5.82 Å². The summed E-state index contributed by atoms with van der Waals surface area (Å²) in [6, 6.07) is 9.99. The maximum atomic E-state index is 13.8. The number of carbonyl (C=O) groups is 1. The second-order valence-corrected chi connectivity index (χ2v) is 7.30. The van der Waals surface area contributed by atoms with Crippen LogP contribution in [0.1, 0.15) is 23.6 Å². The third kappa shape index (κ3) is 3.82. The van der Waals surface area contributed by atoms with Gasteiger partial charge in [0.25, 0.3) is 0 Å². The Morgan fingerprint density at radius 1 is 1.30 bits per heavy atom. The third-order valence-corrected chi connectivity index (χ3v) is 5.46. The summed E-state index contributed by atoms with van der Waals surface area (Å²) < 4.78 is 13.8. The summed E-state index contributed by atoms with van der Waals surface area (Å²) in [6.45, 7) is 0. The molecule has 1 atom stereocenters.